The predicted octanol–water partition coefficient (Wildman–Crippen LogP) is 7.47. The Kier molecular flexibility index (Phi) is 6.54. The number of aromatic nitrogens is 2. The Bertz CT molecular complexity index is 1470. The largest absolute Gasteiger partial charge is 0.347 e. The molecule has 1 aliphatic heterocycles. The number of thioether (sulfide) groups is 1. The Morgan fingerprint density at radius 3 is 2.36 bits per heavy atom. The summed E-state index contributed by atoms with van der Waals surface area (Å²) in [5.41, 5.74) is 7.32. The van der Waals surface area contributed by atoms with Gasteiger partial charge in [0.05, 0.1) is 23.3 Å². The summed E-state index contributed by atoms with van der Waals surface area (Å²) in [5.74, 6) is 0.363. The molecule has 5 rings (SSSR count). The second-order valence-corrected chi connectivity index (χ2v) is 10.9. The van der Waals surface area contributed by atoms with Gasteiger partial charge in [-0.05, 0) is 42.3 Å². The summed E-state index contributed by atoms with van der Waals surface area (Å²) in [6, 6.07) is 24.3. The van der Waals surface area contributed by atoms with Crippen molar-refractivity contribution in [2.75, 3.05) is 17.7 Å². The first-order valence-electron chi connectivity index (χ1n) is 11.9. The maximum Gasteiger partial charge on any atom is 0.173 e. The molecule has 182 valence electrons. The highest BCUT2D eigenvalue weighted by Crippen LogP contribution is 2.46. The molecule has 0 radical (unpaired) electrons. The molecule has 0 bridgehead atoms. The first-order valence-corrected chi connectivity index (χ1v) is 13.2. The summed E-state index contributed by atoms with van der Waals surface area (Å²) in [5, 5.41) is 1.47. The maximum atomic E-state index is 13.2. The molecule has 1 aromatic heterocycles. The van der Waals surface area contributed by atoms with Gasteiger partial charge in [-0.15, -0.1) is 0 Å². The molecular weight excluding hydrogens is 486 g/mol. The molecule has 0 N–H and O–H groups in total. The second kappa shape index (κ2) is 9.64. The van der Waals surface area contributed by atoms with Crippen molar-refractivity contribution in [1.29, 1.82) is 0 Å². The van der Waals surface area contributed by atoms with Gasteiger partial charge in [-0.3, -0.25) is 9.36 Å². The lowest BCUT2D eigenvalue weighted by atomic mass is 9.83. The van der Waals surface area contributed by atoms with Gasteiger partial charge in [0.1, 0.15) is 0 Å². The number of para-hydroxylation sites is 2. The first-order chi connectivity index (χ1) is 17.3. The minimum Gasteiger partial charge on any atom is -0.347 e. The minimum absolute atomic E-state index is 0.0649. The number of hydrogen-bond acceptors (Lipinski definition) is 4. The molecule has 0 unspecified atom stereocenters. The highest BCUT2D eigenvalue weighted by molar-refractivity contribution is 7.99. The molecule has 0 atom stereocenters. The molecule has 0 aliphatic carbocycles. The average Bonchev–Trinajstić information content (AvgIpc) is 3.37. The van der Waals surface area contributed by atoms with Gasteiger partial charge in [-0.25, -0.2) is 4.98 Å². The van der Waals surface area contributed by atoms with Crippen LogP contribution in [0, 0.1) is 6.92 Å². The van der Waals surface area contributed by atoms with E-state index in [9.17, 15) is 4.79 Å². The molecule has 0 amide bonds. The molecule has 0 saturated carbocycles. The van der Waals surface area contributed by atoms with Crippen molar-refractivity contribution in [3.05, 3.63) is 107 Å². The summed E-state index contributed by atoms with van der Waals surface area (Å²) >= 11 is 7.59. The normalized spacial score (nSPS) is 15.4. The van der Waals surface area contributed by atoms with Crippen LogP contribution in [0.4, 0.5) is 5.69 Å². The monoisotopic (exact) mass is 513 g/mol. The Labute approximate surface area is 221 Å². The summed E-state index contributed by atoms with van der Waals surface area (Å²) in [6.07, 6.45) is 3.67. The number of carbonyl (C=O) groups is 1. The number of halogens is 1. The number of fused-ring (bicyclic) bond motifs is 1. The van der Waals surface area contributed by atoms with Crippen LogP contribution in [0.2, 0.25) is 5.02 Å². The van der Waals surface area contributed by atoms with E-state index in [-0.39, 0.29) is 11.2 Å². The fourth-order valence-electron chi connectivity index (χ4n) is 4.90. The molecule has 2 heterocycles. The van der Waals surface area contributed by atoms with E-state index in [0.717, 1.165) is 39.0 Å². The number of allylic oxidation sites excluding steroid dienone is 2. The lowest BCUT2D eigenvalue weighted by Gasteiger charge is -2.23. The molecule has 1 aliphatic rings. The van der Waals surface area contributed by atoms with Crippen molar-refractivity contribution in [1.82, 2.24) is 9.55 Å². The van der Waals surface area contributed by atoms with E-state index in [4.69, 9.17) is 16.6 Å². The van der Waals surface area contributed by atoms with Crippen molar-refractivity contribution >= 4 is 34.8 Å². The molecule has 4 aromatic rings. The lowest BCUT2D eigenvalue weighted by Crippen LogP contribution is -2.24. The number of aryl methyl sites for hydroxylation is 1. The molecule has 4 nitrogen and oxygen atoms in total. The van der Waals surface area contributed by atoms with Gasteiger partial charge in [0.15, 0.2) is 10.9 Å². The van der Waals surface area contributed by atoms with E-state index in [0.29, 0.717) is 10.8 Å². The van der Waals surface area contributed by atoms with Crippen molar-refractivity contribution in [2.45, 2.75) is 31.3 Å². The number of benzene rings is 3. The quantitative estimate of drug-likeness (QED) is 0.198. The van der Waals surface area contributed by atoms with E-state index in [1.165, 1.54) is 17.3 Å². The van der Waals surface area contributed by atoms with Crippen LogP contribution in [0.1, 0.15) is 25.0 Å². The molecule has 0 saturated heterocycles. The Balaban J connectivity index is 1.45. The average molecular weight is 514 g/mol. The standard InChI is InChI=1S/C30H28ClN3OS/c1-20-9-5-7-11-25(20)34-27(21-13-15-22(31)16-14-21)18-32-29(34)36-19-23(35)17-28-30(2,3)24-10-6-8-12-26(24)33(28)4/h5-18H,19H2,1-4H3/b28-17-. The van der Waals surface area contributed by atoms with Crippen LogP contribution in [0.15, 0.2) is 95.9 Å². The zero-order valence-electron chi connectivity index (χ0n) is 20.8. The van der Waals surface area contributed by atoms with Crippen LogP contribution in [-0.2, 0) is 10.2 Å². The first kappa shape index (κ1) is 24.4. The van der Waals surface area contributed by atoms with Crippen LogP contribution in [0.3, 0.4) is 0 Å². The van der Waals surface area contributed by atoms with E-state index in [1.807, 2.05) is 55.7 Å². The van der Waals surface area contributed by atoms with E-state index in [1.54, 1.807) is 6.08 Å². The lowest BCUT2D eigenvalue weighted by molar-refractivity contribution is -0.112. The summed E-state index contributed by atoms with van der Waals surface area (Å²) in [6.45, 7) is 6.43. The van der Waals surface area contributed by atoms with Gasteiger partial charge in [-0.2, -0.15) is 0 Å². The van der Waals surface area contributed by atoms with Crippen molar-refractivity contribution < 1.29 is 4.79 Å². The zero-order valence-corrected chi connectivity index (χ0v) is 22.4. The van der Waals surface area contributed by atoms with E-state index in [2.05, 4.69) is 60.6 Å². The van der Waals surface area contributed by atoms with E-state index < -0.39 is 0 Å². The Morgan fingerprint density at radius 2 is 1.67 bits per heavy atom. The topological polar surface area (TPSA) is 38.1 Å². The zero-order chi connectivity index (χ0) is 25.4. The minimum atomic E-state index is -0.229. The third kappa shape index (κ3) is 4.38. The van der Waals surface area contributed by atoms with Gasteiger partial charge in [-0.1, -0.05) is 85.7 Å². The molecule has 0 spiro atoms. The number of rotatable bonds is 6. The highest BCUT2D eigenvalue weighted by Gasteiger charge is 2.38. The van der Waals surface area contributed by atoms with Crippen LogP contribution >= 0.6 is 23.4 Å². The third-order valence-electron chi connectivity index (χ3n) is 6.81. The number of hydrogen-bond donors (Lipinski definition) is 0. The summed E-state index contributed by atoms with van der Waals surface area (Å²) in [4.78, 5) is 20.1. The molecule has 0 fully saturated rings. The highest BCUT2D eigenvalue weighted by atomic mass is 35.5. The van der Waals surface area contributed by atoms with E-state index >= 15 is 0 Å². The van der Waals surface area contributed by atoms with Crippen molar-refractivity contribution in [3.8, 4) is 16.9 Å². The Morgan fingerprint density at radius 1 is 1.00 bits per heavy atom. The molecule has 3 aromatic carbocycles. The number of likely N-dealkylation sites (N-methyl/N-ethyl adjacent to an activating group) is 1. The predicted molar refractivity (Wildman–Crippen MR) is 150 cm³/mol. The van der Waals surface area contributed by atoms with Crippen LogP contribution < -0.4 is 4.90 Å². The van der Waals surface area contributed by atoms with Crippen molar-refractivity contribution in [2.24, 2.45) is 0 Å². The fourth-order valence-corrected chi connectivity index (χ4v) is 5.83. The van der Waals surface area contributed by atoms with Gasteiger partial charge >= 0.3 is 0 Å². The summed E-state index contributed by atoms with van der Waals surface area (Å²) in [7, 11) is 2.03. The van der Waals surface area contributed by atoms with Gasteiger partial charge in [0, 0.05) is 40.5 Å². The molecule has 36 heavy (non-hydrogen) atoms. The number of carbonyl (C=O) groups excluding carboxylic acids is 1. The number of nitrogens with zero attached hydrogens (tertiary/aromatic N) is 3. The SMILES string of the molecule is Cc1ccccc1-n1c(-c2ccc(Cl)cc2)cnc1SCC(=O)/C=C1\N(C)c2ccccc2C1(C)C. The maximum absolute atomic E-state index is 13.2. The third-order valence-corrected chi connectivity index (χ3v) is 8.03. The number of imidazole rings is 1. The van der Waals surface area contributed by atoms with Crippen LogP contribution in [-0.4, -0.2) is 28.1 Å². The van der Waals surface area contributed by atoms with Crippen LogP contribution in [0.25, 0.3) is 16.9 Å². The fraction of sp³-hybridized carbons (Fsp3) is 0.200. The van der Waals surface area contributed by atoms with Gasteiger partial charge in [0.25, 0.3) is 0 Å². The van der Waals surface area contributed by atoms with Crippen LogP contribution in [0.5, 0.6) is 0 Å². The van der Waals surface area contributed by atoms with Gasteiger partial charge in [0.2, 0.25) is 0 Å². The smallest absolute Gasteiger partial charge is 0.173 e. The number of ketones is 1. The Hall–Kier alpha value is -3.28. The van der Waals surface area contributed by atoms with Crippen molar-refractivity contribution in [3.63, 3.8) is 0 Å². The second-order valence-electron chi connectivity index (χ2n) is 9.54. The summed E-state index contributed by atoms with van der Waals surface area (Å²) < 4.78 is 2.13. The number of anilines is 1. The van der Waals surface area contributed by atoms with Gasteiger partial charge < -0.3 is 4.90 Å². The molecule has 6 heteroatoms. The molecular formula is C30H28ClN3OS.